The molecule has 0 aliphatic rings. The van der Waals surface area contributed by atoms with E-state index in [0.717, 1.165) is 22.3 Å². The summed E-state index contributed by atoms with van der Waals surface area (Å²) in [5.74, 6) is 0.651. The van der Waals surface area contributed by atoms with Gasteiger partial charge in [-0.25, -0.2) is 10.4 Å². The molecule has 0 saturated carbocycles. The number of hydrazone groups is 1. The third-order valence-corrected chi connectivity index (χ3v) is 3.19. The van der Waals surface area contributed by atoms with E-state index < -0.39 is 0 Å². The summed E-state index contributed by atoms with van der Waals surface area (Å²) in [7, 11) is 0. The fraction of sp³-hybridized carbons (Fsp3) is 0.125. The molecule has 0 amide bonds. The molecule has 0 spiro atoms. The van der Waals surface area contributed by atoms with Gasteiger partial charge in [-0.1, -0.05) is 42.0 Å². The first-order chi connectivity index (χ1) is 9.72. The first kappa shape index (κ1) is 12.4. The van der Waals surface area contributed by atoms with Gasteiger partial charge in [0.15, 0.2) is 0 Å². The maximum atomic E-state index is 4.42. The largest absolute Gasteiger partial charge is 0.323 e. The minimum Gasteiger partial charge on any atom is -0.323 e. The van der Waals surface area contributed by atoms with E-state index in [0.29, 0.717) is 5.95 Å². The standard InChI is InChI=1S/C16H16N4/c1-11-7-9-13(10-8-11)12(2)19-20-16-17-14-5-3-4-6-15(14)18-16/h3-10H,1-2H3,(H2,17,18,20)/b19-12-. The zero-order valence-electron chi connectivity index (χ0n) is 11.5. The van der Waals surface area contributed by atoms with E-state index in [1.165, 1.54) is 5.56 Å². The number of aryl methyl sites for hydroxylation is 1. The summed E-state index contributed by atoms with van der Waals surface area (Å²) >= 11 is 0. The highest BCUT2D eigenvalue weighted by atomic mass is 15.4. The second-order valence-electron chi connectivity index (χ2n) is 4.78. The highest BCUT2D eigenvalue weighted by molar-refractivity contribution is 5.99. The normalized spacial score (nSPS) is 11.8. The van der Waals surface area contributed by atoms with Gasteiger partial charge in [-0.15, -0.1) is 0 Å². The van der Waals surface area contributed by atoms with E-state index in [2.05, 4.69) is 51.7 Å². The van der Waals surface area contributed by atoms with Crippen LogP contribution in [0.4, 0.5) is 5.95 Å². The van der Waals surface area contributed by atoms with Crippen LogP contribution in [-0.2, 0) is 0 Å². The van der Waals surface area contributed by atoms with Crippen molar-refractivity contribution in [3.63, 3.8) is 0 Å². The van der Waals surface area contributed by atoms with Crippen LogP contribution in [0.1, 0.15) is 18.1 Å². The third kappa shape index (κ3) is 2.54. The van der Waals surface area contributed by atoms with Gasteiger partial charge in [-0.2, -0.15) is 5.10 Å². The summed E-state index contributed by atoms with van der Waals surface area (Å²) in [4.78, 5) is 7.60. The second-order valence-corrected chi connectivity index (χ2v) is 4.78. The molecule has 1 aromatic heterocycles. The Morgan fingerprint density at radius 3 is 2.60 bits per heavy atom. The van der Waals surface area contributed by atoms with Crippen LogP contribution in [0.5, 0.6) is 0 Å². The Morgan fingerprint density at radius 2 is 1.85 bits per heavy atom. The summed E-state index contributed by atoms with van der Waals surface area (Å²) in [5.41, 5.74) is 8.16. The molecule has 0 bridgehead atoms. The molecule has 0 aliphatic carbocycles. The average molecular weight is 264 g/mol. The fourth-order valence-electron chi connectivity index (χ4n) is 2.00. The van der Waals surface area contributed by atoms with Gasteiger partial charge in [0, 0.05) is 0 Å². The molecule has 0 atom stereocenters. The van der Waals surface area contributed by atoms with E-state index in [4.69, 9.17) is 0 Å². The fourth-order valence-corrected chi connectivity index (χ4v) is 2.00. The van der Waals surface area contributed by atoms with Crippen molar-refractivity contribution in [1.82, 2.24) is 9.97 Å². The van der Waals surface area contributed by atoms with Crippen molar-refractivity contribution in [2.75, 3.05) is 5.43 Å². The zero-order valence-corrected chi connectivity index (χ0v) is 11.5. The van der Waals surface area contributed by atoms with Crippen LogP contribution in [0.2, 0.25) is 0 Å². The van der Waals surface area contributed by atoms with E-state index in [9.17, 15) is 0 Å². The van der Waals surface area contributed by atoms with Gasteiger partial charge in [0.2, 0.25) is 5.95 Å². The lowest BCUT2D eigenvalue weighted by atomic mass is 10.1. The number of fused-ring (bicyclic) bond motifs is 1. The van der Waals surface area contributed by atoms with Crippen LogP contribution in [0.15, 0.2) is 53.6 Å². The molecule has 3 rings (SSSR count). The molecule has 0 aliphatic heterocycles. The summed E-state index contributed by atoms with van der Waals surface area (Å²) < 4.78 is 0. The van der Waals surface area contributed by atoms with Crippen molar-refractivity contribution in [1.29, 1.82) is 0 Å². The number of para-hydroxylation sites is 2. The number of aromatic amines is 1. The van der Waals surface area contributed by atoms with Crippen molar-refractivity contribution in [3.8, 4) is 0 Å². The van der Waals surface area contributed by atoms with Crippen molar-refractivity contribution in [3.05, 3.63) is 59.7 Å². The first-order valence-electron chi connectivity index (χ1n) is 6.54. The van der Waals surface area contributed by atoms with Gasteiger partial charge in [-0.05, 0) is 31.5 Å². The minimum atomic E-state index is 0.651. The Morgan fingerprint density at radius 1 is 1.10 bits per heavy atom. The molecule has 4 nitrogen and oxygen atoms in total. The first-order valence-corrected chi connectivity index (χ1v) is 6.54. The Hall–Kier alpha value is -2.62. The average Bonchev–Trinajstić information content (AvgIpc) is 2.88. The number of benzene rings is 2. The molecule has 0 saturated heterocycles. The Kier molecular flexibility index (Phi) is 3.21. The number of hydrogen-bond acceptors (Lipinski definition) is 3. The smallest absolute Gasteiger partial charge is 0.222 e. The quantitative estimate of drug-likeness (QED) is 0.559. The van der Waals surface area contributed by atoms with Crippen molar-refractivity contribution in [2.45, 2.75) is 13.8 Å². The molecule has 0 radical (unpaired) electrons. The predicted octanol–water partition coefficient (Wildman–Crippen LogP) is 3.71. The Balaban J connectivity index is 1.80. The molecule has 3 aromatic rings. The Bertz CT molecular complexity index is 721. The van der Waals surface area contributed by atoms with Gasteiger partial charge < -0.3 is 4.98 Å². The van der Waals surface area contributed by atoms with Crippen molar-refractivity contribution >= 4 is 22.7 Å². The van der Waals surface area contributed by atoms with E-state index in [1.54, 1.807) is 0 Å². The number of anilines is 1. The number of nitrogens with zero attached hydrogens (tertiary/aromatic N) is 2. The Labute approximate surface area is 117 Å². The van der Waals surface area contributed by atoms with Crippen molar-refractivity contribution < 1.29 is 0 Å². The maximum Gasteiger partial charge on any atom is 0.222 e. The number of imidazole rings is 1. The van der Waals surface area contributed by atoms with Crippen molar-refractivity contribution in [2.24, 2.45) is 5.10 Å². The van der Waals surface area contributed by atoms with Crippen LogP contribution in [0, 0.1) is 6.92 Å². The van der Waals surface area contributed by atoms with Gasteiger partial charge >= 0.3 is 0 Å². The molecule has 20 heavy (non-hydrogen) atoms. The number of nitrogens with one attached hydrogen (secondary N) is 2. The second kappa shape index (κ2) is 5.17. The van der Waals surface area contributed by atoms with E-state index >= 15 is 0 Å². The molecule has 4 heteroatoms. The van der Waals surface area contributed by atoms with Gasteiger partial charge in [0.1, 0.15) is 0 Å². The van der Waals surface area contributed by atoms with Crippen LogP contribution < -0.4 is 5.43 Å². The minimum absolute atomic E-state index is 0.651. The third-order valence-electron chi connectivity index (χ3n) is 3.19. The van der Waals surface area contributed by atoms with Crippen LogP contribution in [-0.4, -0.2) is 15.7 Å². The summed E-state index contributed by atoms with van der Waals surface area (Å²) in [6, 6.07) is 16.2. The van der Waals surface area contributed by atoms with Crippen LogP contribution in [0.25, 0.3) is 11.0 Å². The number of H-pyrrole nitrogens is 1. The molecular weight excluding hydrogens is 248 g/mol. The number of hydrogen-bond donors (Lipinski definition) is 2. The molecule has 2 N–H and O–H groups in total. The monoisotopic (exact) mass is 264 g/mol. The topological polar surface area (TPSA) is 53.1 Å². The lowest BCUT2D eigenvalue weighted by molar-refractivity contribution is 1.20. The zero-order chi connectivity index (χ0) is 13.9. The molecule has 0 unspecified atom stereocenters. The summed E-state index contributed by atoms with van der Waals surface area (Å²) in [6.07, 6.45) is 0. The van der Waals surface area contributed by atoms with E-state index in [-0.39, 0.29) is 0 Å². The molecule has 1 heterocycles. The van der Waals surface area contributed by atoms with Crippen LogP contribution >= 0.6 is 0 Å². The highest BCUT2D eigenvalue weighted by Crippen LogP contribution is 2.13. The summed E-state index contributed by atoms with van der Waals surface area (Å²) in [5, 5.41) is 4.36. The molecular formula is C16H16N4. The van der Waals surface area contributed by atoms with Gasteiger partial charge in [0.25, 0.3) is 0 Å². The van der Waals surface area contributed by atoms with Crippen LogP contribution in [0.3, 0.4) is 0 Å². The lowest BCUT2D eigenvalue weighted by Gasteiger charge is -2.01. The van der Waals surface area contributed by atoms with E-state index in [1.807, 2.05) is 31.2 Å². The highest BCUT2D eigenvalue weighted by Gasteiger charge is 2.01. The predicted molar refractivity (Wildman–Crippen MR) is 83.1 cm³/mol. The lowest BCUT2D eigenvalue weighted by Crippen LogP contribution is -2.00. The van der Waals surface area contributed by atoms with Gasteiger partial charge in [-0.3, -0.25) is 0 Å². The number of aromatic nitrogens is 2. The van der Waals surface area contributed by atoms with Gasteiger partial charge in [0.05, 0.1) is 16.7 Å². The summed E-state index contributed by atoms with van der Waals surface area (Å²) in [6.45, 7) is 4.04. The number of rotatable bonds is 3. The molecule has 100 valence electrons. The molecule has 2 aromatic carbocycles. The maximum absolute atomic E-state index is 4.42. The molecule has 0 fully saturated rings. The SMILES string of the molecule is C/C(=N/Nc1nc2ccccc2[nH]1)c1ccc(C)cc1.